The molecule has 0 saturated carbocycles. The van der Waals surface area contributed by atoms with E-state index in [2.05, 4.69) is 0 Å². The summed E-state index contributed by atoms with van der Waals surface area (Å²) >= 11 is 0. The summed E-state index contributed by atoms with van der Waals surface area (Å²) in [6.45, 7) is 4.03. The van der Waals surface area contributed by atoms with Gasteiger partial charge in [-0.05, 0) is 48.1 Å². The molecule has 0 unspecified atom stereocenters. The van der Waals surface area contributed by atoms with E-state index in [4.69, 9.17) is 0 Å². The lowest BCUT2D eigenvalue weighted by molar-refractivity contribution is -0.117. The number of allylic oxidation sites excluding steroid dienone is 2. The van der Waals surface area contributed by atoms with Crippen molar-refractivity contribution in [2.24, 2.45) is 5.41 Å². The summed E-state index contributed by atoms with van der Waals surface area (Å²) in [5, 5.41) is 0. The van der Waals surface area contributed by atoms with Gasteiger partial charge in [0.15, 0.2) is 5.78 Å². The molecule has 1 aromatic carbocycles. The van der Waals surface area contributed by atoms with Crippen molar-refractivity contribution >= 4 is 5.78 Å². The van der Waals surface area contributed by atoms with Crippen LogP contribution in [0.2, 0.25) is 0 Å². The Labute approximate surface area is 106 Å². The van der Waals surface area contributed by atoms with Crippen LogP contribution in [0, 0.1) is 17.0 Å². The van der Waals surface area contributed by atoms with Gasteiger partial charge in [0.25, 0.3) is 0 Å². The van der Waals surface area contributed by atoms with Crippen LogP contribution in [-0.4, -0.2) is 5.78 Å². The maximum Gasteiger partial charge on any atom is 0.156 e. The van der Waals surface area contributed by atoms with E-state index in [-0.39, 0.29) is 11.2 Å². The molecule has 0 aliphatic heterocycles. The molecule has 0 radical (unpaired) electrons. The molecular formula is C15H16F2O. The molecule has 0 fully saturated rings. The van der Waals surface area contributed by atoms with Gasteiger partial charge in [0, 0.05) is 6.42 Å². The van der Waals surface area contributed by atoms with Crippen molar-refractivity contribution in [3.8, 4) is 0 Å². The fraction of sp³-hybridized carbons (Fsp3) is 0.400. The number of hydrogen-bond acceptors (Lipinski definition) is 1. The number of halogens is 2. The first-order valence-electron chi connectivity index (χ1n) is 6.02. The molecule has 0 spiro atoms. The van der Waals surface area contributed by atoms with Crippen LogP contribution in [0.5, 0.6) is 0 Å². The highest BCUT2D eigenvalue weighted by Gasteiger charge is 2.27. The van der Waals surface area contributed by atoms with E-state index in [0.29, 0.717) is 18.4 Å². The molecule has 96 valence electrons. The normalized spacial score (nSPS) is 18.7. The second kappa shape index (κ2) is 4.63. The van der Waals surface area contributed by atoms with E-state index in [1.54, 1.807) is 6.08 Å². The van der Waals surface area contributed by atoms with E-state index in [0.717, 1.165) is 24.1 Å². The van der Waals surface area contributed by atoms with Crippen molar-refractivity contribution in [3.63, 3.8) is 0 Å². The lowest BCUT2D eigenvalue weighted by Crippen LogP contribution is -2.22. The zero-order valence-electron chi connectivity index (χ0n) is 10.6. The van der Waals surface area contributed by atoms with Crippen LogP contribution in [0.15, 0.2) is 29.8 Å². The monoisotopic (exact) mass is 250 g/mol. The van der Waals surface area contributed by atoms with Gasteiger partial charge in [0.05, 0.1) is 0 Å². The smallest absolute Gasteiger partial charge is 0.156 e. The Morgan fingerprint density at radius 3 is 2.61 bits per heavy atom. The van der Waals surface area contributed by atoms with Gasteiger partial charge in [0.2, 0.25) is 0 Å². The highest BCUT2D eigenvalue weighted by molar-refractivity contribution is 5.91. The molecule has 1 aliphatic rings. The minimum Gasteiger partial charge on any atom is -0.295 e. The highest BCUT2D eigenvalue weighted by atomic mass is 19.1. The Morgan fingerprint density at radius 2 is 1.94 bits per heavy atom. The predicted molar refractivity (Wildman–Crippen MR) is 66.2 cm³/mol. The van der Waals surface area contributed by atoms with E-state index in [1.807, 2.05) is 13.8 Å². The molecule has 3 heteroatoms. The summed E-state index contributed by atoms with van der Waals surface area (Å²) in [6.07, 6.45) is 3.14. The van der Waals surface area contributed by atoms with Gasteiger partial charge in [0.1, 0.15) is 11.6 Å². The molecule has 1 aromatic rings. The fourth-order valence-corrected chi connectivity index (χ4v) is 2.52. The number of carbonyl (C=O) groups excluding carboxylic acids is 1. The molecule has 0 atom stereocenters. The van der Waals surface area contributed by atoms with Crippen LogP contribution in [0.1, 0.15) is 32.3 Å². The average Bonchev–Trinajstić information content (AvgIpc) is 2.20. The average molecular weight is 250 g/mol. The van der Waals surface area contributed by atoms with Gasteiger partial charge in [-0.1, -0.05) is 19.4 Å². The third-order valence-electron chi connectivity index (χ3n) is 3.15. The number of carbonyl (C=O) groups is 1. The third-order valence-corrected chi connectivity index (χ3v) is 3.15. The standard InChI is InChI=1S/C15H16F2O/c1-15(2)8-10(6-13(18)9-15)5-11-7-12(16)3-4-14(11)17/h3-4,6-7H,5,8-9H2,1-2H3. The lowest BCUT2D eigenvalue weighted by atomic mass is 9.75. The zero-order valence-corrected chi connectivity index (χ0v) is 10.6. The third kappa shape index (κ3) is 3.03. The molecule has 0 amide bonds. The Morgan fingerprint density at radius 1 is 1.22 bits per heavy atom. The van der Waals surface area contributed by atoms with Crippen LogP contribution >= 0.6 is 0 Å². The topological polar surface area (TPSA) is 17.1 Å². The van der Waals surface area contributed by atoms with E-state index in [1.165, 1.54) is 6.07 Å². The first-order chi connectivity index (χ1) is 8.35. The van der Waals surface area contributed by atoms with Crippen LogP contribution in [0.3, 0.4) is 0 Å². The molecule has 0 heterocycles. The second-order valence-corrected chi connectivity index (χ2v) is 5.70. The molecule has 0 saturated heterocycles. The largest absolute Gasteiger partial charge is 0.295 e. The summed E-state index contributed by atoms with van der Waals surface area (Å²) in [7, 11) is 0. The first-order valence-corrected chi connectivity index (χ1v) is 6.02. The van der Waals surface area contributed by atoms with Gasteiger partial charge in [-0.25, -0.2) is 8.78 Å². The SMILES string of the molecule is CC1(C)CC(=O)C=C(Cc2cc(F)ccc2F)C1. The molecule has 0 N–H and O–H groups in total. The molecular weight excluding hydrogens is 234 g/mol. The Bertz CT molecular complexity index is 515. The maximum atomic E-state index is 13.5. The molecule has 0 aromatic heterocycles. The highest BCUT2D eigenvalue weighted by Crippen LogP contribution is 2.35. The Kier molecular flexibility index (Phi) is 3.33. The molecule has 2 rings (SSSR count). The summed E-state index contributed by atoms with van der Waals surface area (Å²) in [5.41, 5.74) is 1.10. The fourth-order valence-electron chi connectivity index (χ4n) is 2.52. The van der Waals surface area contributed by atoms with Crippen LogP contribution in [0.4, 0.5) is 8.78 Å². The van der Waals surface area contributed by atoms with E-state index in [9.17, 15) is 13.6 Å². The van der Waals surface area contributed by atoms with Crippen molar-refractivity contribution < 1.29 is 13.6 Å². The number of benzene rings is 1. The second-order valence-electron chi connectivity index (χ2n) is 5.70. The van der Waals surface area contributed by atoms with Crippen LogP contribution in [0.25, 0.3) is 0 Å². The van der Waals surface area contributed by atoms with E-state index < -0.39 is 11.6 Å². The van der Waals surface area contributed by atoms with Crippen LogP contribution in [-0.2, 0) is 11.2 Å². The Hall–Kier alpha value is -1.51. The predicted octanol–water partition coefficient (Wildman–Crippen LogP) is 3.82. The van der Waals surface area contributed by atoms with Crippen molar-refractivity contribution in [1.82, 2.24) is 0 Å². The summed E-state index contributed by atoms with van der Waals surface area (Å²) in [5.74, 6) is -0.806. The summed E-state index contributed by atoms with van der Waals surface area (Å²) < 4.78 is 26.6. The molecule has 0 bridgehead atoms. The minimum absolute atomic E-state index is 0.0676. The number of rotatable bonds is 2. The van der Waals surface area contributed by atoms with Gasteiger partial charge in [-0.3, -0.25) is 4.79 Å². The first kappa shape index (κ1) is 12.9. The Balaban J connectivity index is 2.24. The number of hydrogen-bond donors (Lipinski definition) is 0. The lowest BCUT2D eigenvalue weighted by Gasteiger charge is -2.28. The van der Waals surface area contributed by atoms with Crippen LogP contribution < -0.4 is 0 Å². The zero-order chi connectivity index (χ0) is 13.3. The van der Waals surface area contributed by atoms with Crippen molar-refractivity contribution in [2.75, 3.05) is 0 Å². The van der Waals surface area contributed by atoms with E-state index >= 15 is 0 Å². The summed E-state index contributed by atoms with van der Waals surface area (Å²) in [4.78, 5) is 11.6. The molecule has 18 heavy (non-hydrogen) atoms. The minimum atomic E-state index is -0.451. The van der Waals surface area contributed by atoms with Gasteiger partial charge in [-0.15, -0.1) is 0 Å². The van der Waals surface area contributed by atoms with Gasteiger partial charge in [-0.2, -0.15) is 0 Å². The maximum absolute atomic E-state index is 13.5. The van der Waals surface area contributed by atoms with Gasteiger partial charge >= 0.3 is 0 Å². The van der Waals surface area contributed by atoms with Crippen molar-refractivity contribution in [1.29, 1.82) is 0 Å². The molecule has 1 nitrogen and oxygen atoms in total. The summed E-state index contributed by atoms with van der Waals surface area (Å²) in [6, 6.07) is 3.42. The number of ketones is 1. The quantitative estimate of drug-likeness (QED) is 0.779. The van der Waals surface area contributed by atoms with Gasteiger partial charge < -0.3 is 0 Å². The molecule has 1 aliphatic carbocycles. The van der Waals surface area contributed by atoms with Crippen molar-refractivity contribution in [2.45, 2.75) is 33.1 Å². The van der Waals surface area contributed by atoms with Crippen molar-refractivity contribution in [3.05, 3.63) is 47.0 Å².